The Morgan fingerprint density at radius 3 is 2.83 bits per heavy atom. The van der Waals surface area contributed by atoms with Gasteiger partial charge in [-0.2, -0.15) is 5.10 Å². The molecule has 1 atom stereocenters. The average molecular weight is 320 g/mol. The molecule has 2 aromatic heterocycles. The average Bonchev–Trinajstić information content (AvgIpc) is 3.16. The smallest absolute Gasteiger partial charge is 0.272 e. The molecule has 1 aliphatic heterocycles. The monoisotopic (exact) mass is 320 g/mol. The lowest BCUT2D eigenvalue weighted by Gasteiger charge is -2.20. The SMILES string of the molecule is COc1cccc(-c2n[nH]c3c2C(c2ccccn2)N(C)C3=O)c1. The summed E-state index contributed by atoms with van der Waals surface area (Å²) < 4.78 is 5.30. The Morgan fingerprint density at radius 2 is 2.08 bits per heavy atom. The van der Waals surface area contributed by atoms with E-state index in [1.54, 1.807) is 25.3 Å². The zero-order chi connectivity index (χ0) is 16.7. The Labute approximate surface area is 139 Å². The van der Waals surface area contributed by atoms with Crippen molar-refractivity contribution in [3.05, 3.63) is 65.6 Å². The van der Waals surface area contributed by atoms with Gasteiger partial charge in [-0.15, -0.1) is 0 Å². The molecular weight excluding hydrogens is 304 g/mol. The molecule has 120 valence electrons. The molecule has 1 amide bonds. The van der Waals surface area contributed by atoms with Gasteiger partial charge in [-0.1, -0.05) is 18.2 Å². The molecule has 1 aliphatic rings. The maximum Gasteiger partial charge on any atom is 0.272 e. The Balaban J connectivity index is 1.89. The van der Waals surface area contributed by atoms with Gasteiger partial charge in [0, 0.05) is 24.4 Å². The highest BCUT2D eigenvalue weighted by atomic mass is 16.5. The Kier molecular flexibility index (Phi) is 3.30. The van der Waals surface area contributed by atoms with Crippen LogP contribution in [0.5, 0.6) is 5.75 Å². The van der Waals surface area contributed by atoms with Crippen molar-refractivity contribution in [2.24, 2.45) is 0 Å². The summed E-state index contributed by atoms with van der Waals surface area (Å²) in [6.07, 6.45) is 1.73. The minimum Gasteiger partial charge on any atom is -0.497 e. The topological polar surface area (TPSA) is 71.1 Å². The number of ether oxygens (including phenoxy) is 1. The maximum absolute atomic E-state index is 12.6. The number of aromatic amines is 1. The van der Waals surface area contributed by atoms with E-state index >= 15 is 0 Å². The quantitative estimate of drug-likeness (QED) is 0.805. The Morgan fingerprint density at radius 1 is 1.21 bits per heavy atom. The minimum absolute atomic E-state index is 0.0812. The van der Waals surface area contributed by atoms with Gasteiger partial charge in [-0.05, 0) is 24.3 Å². The molecule has 0 saturated carbocycles. The van der Waals surface area contributed by atoms with Gasteiger partial charge in [0.1, 0.15) is 17.5 Å². The first kappa shape index (κ1) is 14.4. The highest BCUT2D eigenvalue weighted by Gasteiger charge is 2.40. The fraction of sp³-hybridized carbons (Fsp3) is 0.167. The van der Waals surface area contributed by atoms with Crippen LogP contribution >= 0.6 is 0 Å². The summed E-state index contributed by atoms with van der Waals surface area (Å²) in [6.45, 7) is 0. The van der Waals surface area contributed by atoms with Crippen molar-refractivity contribution in [3.8, 4) is 17.0 Å². The highest BCUT2D eigenvalue weighted by Crippen LogP contribution is 2.41. The van der Waals surface area contributed by atoms with Gasteiger partial charge >= 0.3 is 0 Å². The summed E-state index contributed by atoms with van der Waals surface area (Å²) in [6, 6.07) is 13.1. The van der Waals surface area contributed by atoms with Gasteiger partial charge in [0.25, 0.3) is 5.91 Å². The number of benzene rings is 1. The number of H-pyrrole nitrogens is 1. The molecule has 1 unspecified atom stereocenters. The number of nitrogens with zero attached hydrogens (tertiary/aromatic N) is 3. The van der Waals surface area contributed by atoms with Gasteiger partial charge in [0.2, 0.25) is 0 Å². The number of aromatic nitrogens is 3. The molecule has 1 N–H and O–H groups in total. The van der Waals surface area contributed by atoms with E-state index in [0.29, 0.717) is 5.69 Å². The molecule has 0 fully saturated rings. The van der Waals surface area contributed by atoms with Gasteiger partial charge in [0.05, 0.1) is 18.5 Å². The first-order chi connectivity index (χ1) is 11.7. The van der Waals surface area contributed by atoms with Crippen molar-refractivity contribution in [2.75, 3.05) is 14.2 Å². The summed E-state index contributed by atoms with van der Waals surface area (Å²) in [7, 11) is 3.41. The van der Waals surface area contributed by atoms with Gasteiger partial charge in [-0.25, -0.2) is 0 Å². The molecule has 0 radical (unpaired) electrons. The number of hydrogen-bond donors (Lipinski definition) is 1. The van der Waals surface area contributed by atoms with Crippen LogP contribution < -0.4 is 4.74 Å². The van der Waals surface area contributed by atoms with Crippen LogP contribution in [0.25, 0.3) is 11.3 Å². The fourth-order valence-corrected chi connectivity index (χ4v) is 3.14. The van der Waals surface area contributed by atoms with Gasteiger partial charge < -0.3 is 9.64 Å². The van der Waals surface area contributed by atoms with E-state index < -0.39 is 0 Å². The number of carbonyl (C=O) groups is 1. The maximum atomic E-state index is 12.6. The third kappa shape index (κ3) is 2.07. The van der Waals surface area contributed by atoms with Crippen LogP contribution in [0.3, 0.4) is 0 Å². The van der Waals surface area contributed by atoms with E-state index in [0.717, 1.165) is 28.3 Å². The molecule has 0 bridgehead atoms. The van der Waals surface area contributed by atoms with Crippen molar-refractivity contribution in [3.63, 3.8) is 0 Å². The number of amides is 1. The van der Waals surface area contributed by atoms with Gasteiger partial charge in [-0.3, -0.25) is 14.9 Å². The number of hydrogen-bond acceptors (Lipinski definition) is 4. The van der Waals surface area contributed by atoms with Crippen LogP contribution in [0.15, 0.2) is 48.7 Å². The summed E-state index contributed by atoms with van der Waals surface area (Å²) in [5.74, 6) is 0.665. The molecule has 6 nitrogen and oxygen atoms in total. The predicted octanol–water partition coefficient (Wildman–Crippen LogP) is 2.66. The van der Waals surface area contributed by atoms with E-state index in [-0.39, 0.29) is 11.9 Å². The normalized spacial score (nSPS) is 16.3. The van der Waals surface area contributed by atoms with Crippen molar-refractivity contribution < 1.29 is 9.53 Å². The number of fused-ring (bicyclic) bond motifs is 1. The first-order valence-corrected chi connectivity index (χ1v) is 7.61. The standard InChI is InChI=1S/C18H16N4O2/c1-22-17(13-8-3-4-9-19-13)14-15(20-21-16(14)18(22)23)11-6-5-7-12(10-11)24-2/h3-10,17H,1-2H3,(H,20,21). The lowest BCUT2D eigenvalue weighted by molar-refractivity contribution is 0.0786. The van der Waals surface area contributed by atoms with E-state index in [4.69, 9.17) is 4.74 Å². The second-order valence-electron chi connectivity index (χ2n) is 5.67. The molecule has 0 spiro atoms. The largest absolute Gasteiger partial charge is 0.497 e. The van der Waals surface area contributed by atoms with Crippen molar-refractivity contribution >= 4 is 5.91 Å². The Bertz CT molecular complexity index is 904. The highest BCUT2D eigenvalue weighted by molar-refractivity contribution is 5.99. The zero-order valence-electron chi connectivity index (χ0n) is 13.4. The number of carbonyl (C=O) groups excluding carboxylic acids is 1. The second kappa shape index (κ2) is 5.49. The van der Waals surface area contributed by atoms with E-state index in [1.165, 1.54) is 0 Å². The molecule has 3 aromatic rings. The van der Waals surface area contributed by atoms with Crippen LogP contribution in [-0.2, 0) is 0 Å². The minimum atomic E-state index is -0.256. The molecule has 0 saturated heterocycles. The molecule has 0 aliphatic carbocycles. The van der Waals surface area contributed by atoms with Crippen LogP contribution in [0.1, 0.15) is 27.8 Å². The third-order valence-corrected chi connectivity index (χ3v) is 4.31. The first-order valence-electron chi connectivity index (χ1n) is 7.61. The summed E-state index contributed by atoms with van der Waals surface area (Å²) in [5, 5.41) is 7.28. The summed E-state index contributed by atoms with van der Waals surface area (Å²) in [4.78, 5) is 18.7. The summed E-state index contributed by atoms with van der Waals surface area (Å²) >= 11 is 0. The van der Waals surface area contributed by atoms with Crippen LogP contribution in [0, 0.1) is 0 Å². The summed E-state index contributed by atoms with van der Waals surface area (Å²) in [5.41, 5.74) is 3.84. The molecule has 4 rings (SSSR count). The second-order valence-corrected chi connectivity index (χ2v) is 5.67. The van der Waals surface area contributed by atoms with E-state index in [1.807, 2.05) is 42.5 Å². The molecule has 6 heteroatoms. The molecule has 3 heterocycles. The number of nitrogens with one attached hydrogen (secondary N) is 1. The predicted molar refractivity (Wildman–Crippen MR) is 88.7 cm³/mol. The fourth-order valence-electron chi connectivity index (χ4n) is 3.14. The zero-order valence-corrected chi connectivity index (χ0v) is 13.4. The van der Waals surface area contributed by atoms with Crippen LogP contribution in [0.2, 0.25) is 0 Å². The van der Waals surface area contributed by atoms with Crippen LogP contribution in [-0.4, -0.2) is 40.1 Å². The number of pyridine rings is 1. The van der Waals surface area contributed by atoms with Crippen molar-refractivity contribution in [2.45, 2.75) is 6.04 Å². The molecule has 24 heavy (non-hydrogen) atoms. The molecular formula is C18H16N4O2. The number of rotatable bonds is 3. The van der Waals surface area contributed by atoms with E-state index in [9.17, 15) is 4.79 Å². The van der Waals surface area contributed by atoms with Crippen molar-refractivity contribution in [1.29, 1.82) is 0 Å². The lowest BCUT2D eigenvalue weighted by Crippen LogP contribution is -2.25. The van der Waals surface area contributed by atoms with Crippen molar-refractivity contribution in [1.82, 2.24) is 20.1 Å². The Hall–Kier alpha value is -3.15. The van der Waals surface area contributed by atoms with Crippen LogP contribution in [0.4, 0.5) is 0 Å². The third-order valence-electron chi connectivity index (χ3n) is 4.31. The lowest BCUT2D eigenvalue weighted by atomic mass is 9.99. The van der Waals surface area contributed by atoms with Gasteiger partial charge in [0.15, 0.2) is 0 Å². The molecule has 1 aromatic carbocycles. The number of methoxy groups -OCH3 is 1. The van der Waals surface area contributed by atoms with E-state index in [2.05, 4.69) is 15.2 Å².